The highest BCUT2D eigenvalue weighted by molar-refractivity contribution is 9.10. The molecule has 36 heavy (non-hydrogen) atoms. The molecule has 1 saturated carbocycles. The Labute approximate surface area is 215 Å². The number of pyridine rings is 1. The van der Waals surface area contributed by atoms with Crippen LogP contribution in [0.15, 0.2) is 47.3 Å². The second-order valence-corrected chi connectivity index (χ2v) is 10.00. The van der Waals surface area contributed by atoms with Crippen molar-refractivity contribution < 1.29 is 14.1 Å². The van der Waals surface area contributed by atoms with Gasteiger partial charge in [-0.2, -0.15) is 10.2 Å². The molecule has 0 saturated heterocycles. The maximum Gasteiger partial charge on any atom is 0.406 e. The Morgan fingerprint density at radius 2 is 2.00 bits per heavy atom. The van der Waals surface area contributed by atoms with Crippen LogP contribution in [0.25, 0.3) is 11.3 Å². The largest absolute Gasteiger partial charge is 0.481 e. The Hall–Kier alpha value is -3.60. The van der Waals surface area contributed by atoms with E-state index in [4.69, 9.17) is 4.74 Å². The lowest BCUT2D eigenvalue weighted by atomic mass is 9.98. The zero-order valence-electron chi connectivity index (χ0n) is 19.8. The number of nitro groups is 1. The quantitative estimate of drug-likeness (QED) is 0.203. The molecule has 9 nitrogen and oxygen atoms in total. The van der Waals surface area contributed by atoms with E-state index >= 15 is 0 Å². The van der Waals surface area contributed by atoms with E-state index in [9.17, 15) is 14.5 Å². The number of ether oxygens (including phenoxy) is 1. The second-order valence-electron chi connectivity index (χ2n) is 9.08. The first-order valence-corrected chi connectivity index (χ1v) is 12.3. The summed E-state index contributed by atoms with van der Waals surface area (Å²) in [6.45, 7) is 2.85. The van der Waals surface area contributed by atoms with Gasteiger partial charge in [0.15, 0.2) is 6.20 Å². The summed E-state index contributed by atoms with van der Waals surface area (Å²) < 4.78 is 24.3. The minimum atomic E-state index is -0.614. The van der Waals surface area contributed by atoms with Crippen molar-refractivity contribution in [1.82, 2.24) is 24.5 Å². The van der Waals surface area contributed by atoms with Crippen molar-refractivity contribution in [2.45, 2.75) is 39.3 Å². The van der Waals surface area contributed by atoms with E-state index < -0.39 is 16.6 Å². The Morgan fingerprint density at radius 1 is 1.19 bits per heavy atom. The SMILES string of the molecule is Cc1nn(CC2CC2)cc1Cc1cn(C)nc1-c1ccc(F)cc1COc1cc(Br)cnc1[N+](=O)[O-]. The molecular weight excluding hydrogens is 531 g/mol. The van der Waals surface area contributed by atoms with E-state index in [1.165, 1.54) is 37.2 Å². The molecule has 0 aliphatic heterocycles. The van der Waals surface area contributed by atoms with Gasteiger partial charge in [-0.25, -0.2) is 4.39 Å². The van der Waals surface area contributed by atoms with Crippen LogP contribution in [0.2, 0.25) is 0 Å². The van der Waals surface area contributed by atoms with Crippen molar-refractivity contribution in [3.05, 3.63) is 85.6 Å². The Kier molecular flexibility index (Phi) is 6.57. The summed E-state index contributed by atoms with van der Waals surface area (Å²) in [6.07, 6.45) is 8.51. The summed E-state index contributed by atoms with van der Waals surface area (Å²) >= 11 is 3.26. The molecule has 0 unspecified atom stereocenters. The highest BCUT2D eigenvalue weighted by atomic mass is 79.9. The fourth-order valence-electron chi connectivity index (χ4n) is 4.22. The van der Waals surface area contributed by atoms with Crippen LogP contribution in [0.1, 0.15) is 35.2 Å². The van der Waals surface area contributed by atoms with Crippen LogP contribution >= 0.6 is 15.9 Å². The molecule has 0 spiro atoms. The molecule has 0 amide bonds. The molecule has 5 rings (SSSR count). The lowest BCUT2D eigenvalue weighted by molar-refractivity contribution is -0.390. The molecule has 0 N–H and O–H groups in total. The number of nitrogens with zero attached hydrogens (tertiary/aromatic N) is 6. The number of halogens is 2. The van der Waals surface area contributed by atoms with Gasteiger partial charge in [0.25, 0.3) is 0 Å². The molecule has 1 aliphatic carbocycles. The first-order valence-electron chi connectivity index (χ1n) is 11.5. The molecular formula is C25H24BrFN6O3. The summed E-state index contributed by atoms with van der Waals surface area (Å²) in [7, 11) is 1.84. The van der Waals surface area contributed by atoms with Gasteiger partial charge in [-0.05, 0) is 75.3 Å². The lowest BCUT2D eigenvalue weighted by Crippen LogP contribution is -2.03. The maximum atomic E-state index is 14.3. The van der Waals surface area contributed by atoms with Gasteiger partial charge in [0, 0.05) is 55.2 Å². The third-order valence-corrected chi connectivity index (χ3v) is 6.59. The lowest BCUT2D eigenvalue weighted by Gasteiger charge is -2.12. The number of hydrogen-bond acceptors (Lipinski definition) is 6. The van der Waals surface area contributed by atoms with E-state index in [2.05, 4.69) is 37.3 Å². The Bertz CT molecular complexity index is 1450. The zero-order chi connectivity index (χ0) is 25.4. The topological polar surface area (TPSA) is 101 Å². The fraction of sp³-hybridized carbons (Fsp3) is 0.320. The van der Waals surface area contributed by atoms with Gasteiger partial charge >= 0.3 is 5.82 Å². The van der Waals surface area contributed by atoms with Crippen LogP contribution in [0.3, 0.4) is 0 Å². The molecule has 3 heterocycles. The fourth-order valence-corrected chi connectivity index (χ4v) is 4.53. The summed E-state index contributed by atoms with van der Waals surface area (Å²) in [4.78, 5) is 14.6. The van der Waals surface area contributed by atoms with E-state index in [0.717, 1.165) is 29.3 Å². The highest BCUT2D eigenvalue weighted by Crippen LogP contribution is 2.33. The van der Waals surface area contributed by atoms with E-state index in [-0.39, 0.29) is 12.4 Å². The van der Waals surface area contributed by atoms with Gasteiger partial charge in [-0.1, -0.05) is 0 Å². The van der Waals surface area contributed by atoms with Crippen LogP contribution in [0, 0.1) is 28.8 Å². The van der Waals surface area contributed by atoms with Crippen LogP contribution < -0.4 is 4.74 Å². The number of aromatic nitrogens is 5. The Morgan fingerprint density at radius 3 is 2.75 bits per heavy atom. The smallest absolute Gasteiger partial charge is 0.406 e. The van der Waals surface area contributed by atoms with E-state index in [1.807, 2.05) is 24.9 Å². The average molecular weight is 555 g/mol. The first kappa shape index (κ1) is 24.1. The standard InChI is InChI=1S/C25H24BrFN6O3/c1-15-17(13-32(29-15)11-16-3-4-16)7-18-12-31(2)30-24(18)22-6-5-21(27)8-19(22)14-36-23-9-20(26)10-28-25(23)33(34)35/h5-6,8-10,12-13,16H,3-4,7,11,14H2,1-2H3. The third kappa shape index (κ3) is 5.30. The average Bonchev–Trinajstić information content (AvgIpc) is 3.47. The van der Waals surface area contributed by atoms with E-state index in [0.29, 0.717) is 27.7 Å². The van der Waals surface area contributed by atoms with Crippen molar-refractivity contribution in [3.63, 3.8) is 0 Å². The minimum Gasteiger partial charge on any atom is -0.481 e. The number of hydrogen-bond donors (Lipinski definition) is 0. The van der Waals surface area contributed by atoms with Crippen LogP contribution in [-0.2, 0) is 26.6 Å². The Balaban J connectivity index is 1.45. The first-order chi connectivity index (χ1) is 17.3. The van der Waals surface area contributed by atoms with Gasteiger partial charge in [0.2, 0.25) is 5.75 Å². The van der Waals surface area contributed by atoms with Crippen molar-refractivity contribution in [2.24, 2.45) is 13.0 Å². The van der Waals surface area contributed by atoms with Crippen molar-refractivity contribution >= 4 is 21.7 Å². The van der Waals surface area contributed by atoms with Crippen LogP contribution in [0.4, 0.5) is 10.2 Å². The molecule has 0 radical (unpaired) electrons. The van der Waals surface area contributed by atoms with Crippen LogP contribution in [-0.4, -0.2) is 29.5 Å². The number of rotatable bonds is 9. The van der Waals surface area contributed by atoms with E-state index in [1.54, 1.807) is 10.7 Å². The zero-order valence-corrected chi connectivity index (χ0v) is 21.4. The van der Waals surface area contributed by atoms with Gasteiger partial charge < -0.3 is 14.9 Å². The van der Waals surface area contributed by atoms with Crippen molar-refractivity contribution in [1.29, 1.82) is 0 Å². The molecule has 0 bridgehead atoms. The summed E-state index contributed by atoms with van der Waals surface area (Å²) in [5, 5.41) is 20.7. The van der Waals surface area contributed by atoms with Crippen LogP contribution in [0.5, 0.6) is 5.75 Å². The maximum absolute atomic E-state index is 14.3. The molecule has 1 aliphatic rings. The van der Waals surface area contributed by atoms with Crippen molar-refractivity contribution in [2.75, 3.05) is 0 Å². The normalized spacial score (nSPS) is 13.2. The molecule has 4 aromatic rings. The molecule has 1 aromatic carbocycles. The summed E-state index contributed by atoms with van der Waals surface area (Å²) in [5.74, 6) is -0.129. The molecule has 186 valence electrons. The number of benzene rings is 1. The van der Waals surface area contributed by atoms with Gasteiger partial charge in [0.1, 0.15) is 12.4 Å². The second kappa shape index (κ2) is 9.81. The molecule has 11 heteroatoms. The number of aryl methyl sites for hydroxylation is 2. The summed E-state index contributed by atoms with van der Waals surface area (Å²) in [5.41, 5.74) is 4.97. The molecule has 3 aromatic heterocycles. The third-order valence-electron chi connectivity index (χ3n) is 6.15. The predicted octanol–water partition coefficient (Wildman–Crippen LogP) is 5.38. The van der Waals surface area contributed by atoms with Gasteiger partial charge in [0.05, 0.1) is 15.9 Å². The van der Waals surface area contributed by atoms with Gasteiger partial charge in [-0.15, -0.1) is 0 Å². The van der Waals surface area contributed by atoms with Crippen molar-refractivity contribution in [3.8, 4) is 17.0 Å². The minimum absolute atomic E-state index is 0.00969. The predicted molar refractivity (Wildman–Crippen MR) is 134 cm³/mol. The van der Waals surface area contributed by atoms with Gasteiger partial charge in [-0.3, -0.25) is 9.36 Å². The summed E-state index contributed by atoms with van der Waals surface area (Å²) in [6, 6.07) is 5.87. The molecule has 0 atom stereocenters. The molecule has 1 fully saturated rings. The highest BCUT2D eigenvalue weighted by Gasteiger charge is 2.23. The monoisotopic (exact) mass is 554 g/mol.